The molecular formula is C11H21F3N2. The Bertz CT molecular complexity index is 194. The molecule has 1 aliphatic heterocycles. The molecule has 1 heterocycles. The molecule has 1 unspecified atom stereocenters. The smallest absolute Gasteiger partial charge is 0.314 e. The van der Waals surface area contributed by atoms with Crippen molar-refractivity contribution in [3.8, 4) is 0 Å². The van der Waals surface area contributed by atoms with Crippen LogP contribution in [0, 0.1) is 0 Å². The molecule has 5 heteroatoms. The van der Waals surface area contributed by atoms with Crippen LogP contribution in [0.3, 0.4) is 0 Å². The highest BCUT2D eigenvalue weighted by atomic mass is 19.4. The van der Waals surface area contributed by atoms with Gasteiger partial charge in [0.05, 0.1) is 0 Å². The lowest BCUT2D eigenvalue weighted by Gasteiger charge is -2.17. The van der Waals surface area contributed by atoms with Crippen molar-refractivity contribution in [3.63, 3.8) is 0 Å². The van der Waals surface area contributed by atoms with Gasteiger partial charge in [-0.15, -0.1) is 0 Å². The number of nitrogens with zero attached hydrogens (tertiary/aromatic N) is 1. The lowest BCUT2D eigenvalue weighted by molar-refractivity contribution is -0.135. The minimum absolute atomic E-state index is 0.190. The van der Waals surface area contributed by atoms with Crippen molar-refractivity contribution in [1.29, 1.82) is 0 Å². The van der Waals surface area contributed by atoms with Crippen molar-refractivity contribution in [1.82, 2.24) is 10.2 Å². The Morgan fingerprint density at radius 1 is 1.25 bits per heavy atom. The highest BCUT2D eigenvalue weighted by molar-refractivity contribution is 4.73. The maximum absolute atomic E-state index is 11.9. The van der Waals surface area contributed by atoms with E-state index in [0.717, 1.165) is 32.4 Å². The van der Waals surface area contributed by atoms with Gasteiger partial charge < -0.3 is 10.2 Å². The Hall–Kier alpha value is -0.290. The summed E-state index contributed by atoms with van der Waals surface area (Å²) in [5.41, 5.74) is 0. The molecule has 0 bridgehead atoms. The fourth-order valence-corrected chi connectivity index (χ4v) is 2.04. The topological polar surface area (TPSA) is 15.3 Å². The van der Waals surface area contributed by atoms with Gasteiger partial charge in [-0.1, -0.05) is 0 Å². The van der Waals surface area contributed by atoms with Gasteiger partial charge in [-0.2, -0.15) is 13.2 Å². The van der Waals surface area contributed by atoms with Gasteiger partial charge in [0, 0.05) is 12.5 Å². The van der Waals surface area contributed by atoms with E-state index in [1.807, 2.05) is 0 Å². The van der Waals surface area contributed by atoms with Crippen LogP contribution < -0.4 is 5.32 Å². The minimum Gasteiger partial charge on any atom is -0.314 e. The quantitative estimate of drug-likeness (QED) is 0.757. The van der Waals surface area contributed by atoms with Crippen molar-refractivity contribution in [2.75, 3.05) is 26.7 Å². The molecule has 96 valence electrons. The Morgan fingerprint density at radius 3 is 2.69 bits per heavy atom. The predicted octanol–water partition coefficient (Wildman–Crippen LogP) is 2.40. The van der Waals surface area contributed by atoms with Gasteiger partial charge in [0.25, 0.3) is 0 Å². The van der Waals surface area contributed by atoms with E-state index in [1.54, 1.807) is 0 Å². The van der Waals surface area contributed by atoms with E-state index in [2.05, 4.69) is 17.3 Å². The summed E-state index contributed by atoms with van der Waals surface area (Å²) in [5, 5.41) is 3.23. The Labute approximate surface area is 95.2 Å². The summed E-state index contributed by atoms with van der Waals surface area (Å²) in [6.07, 6.45) is -1.24. The average molecular weight is 238 g/mol. The zero-order valence-corrected chi connectivity index (χ0v) is 9.82. The summed E-state index contributed by atoms with van der Waals surface area (Å²) in [7, 11) is 2.09. The summed E-state index contributed by atoms with van der Waals surface area (Å²) < 4.78 is 35.7. The monoisotopic (exact) mass is 238 g/mol. The molecule has 1 saturated heterocycles. The van der Waals surface area contributed by atoms with Crippen LogP contribution in [-0.2, 0) is 0 Å². The highest BCUT2D eigenvalue weighted by Crippen LogP contribution is 2.20. The van der Waals surface area contributed by atoms with Crippen LogP contribution in [-0.4, -0.2) is 43.8 Å². The van der Waals surface area contributed by atoms with Gasteiger partial charge in [0.1, 0.15) is 0 Å². The highest BCUT2D eigenvalue weighted by Gasteiger charge is 2.26. The van der Waals surface area contributed by atoms with E-state index in [-0.39, 0.29) is 6.42 Å². The first-order chi connectivity index (χ1) is 7.47. The summed E-state index contributed by atoms with van der Waals surface area (Å²) in [6.45, 7) is 2.62. The van der Waals surface area contributed by atoms with Crippen molar-refractivity contribution in [2.24, 2.45) is 0 Å². The number of rotatable bonds is 4. The molecule has 0 aromatic carbocycles. The first-order valence-corrected chi connectivity index (χ1v) is 5.96. The van der Waals surface area contributed by atoms with E-state index in [4.69, 9.17) is 0 Å². The van der Waals surface area contributed by atoms with Crippen LogP contribution in [0.15, 0.2) is 0 Å². The Balaban J connectivity index is 2.08. The van der Waals surface area contributed by atoms with E-state index in [9.17, 15) is 13.2 Å². The molecule has 0 aromatic heterocycles. The fraction of sp³-hybridized carbons (Fsp3) is 1.00. The standard InChI is InChI=1S/C11H21F3N2/c1-16-8-2-4-10(5-9-16)15-7-3-6-11(12,13)14/h10,15H,2-9H2,1H3. The second kappa shape index (κ2) is 6.45. The molecule has 0 saturated carbocycles. The Morgan fingerprint density at radius 2 is 2.00 bits per heavy atom. The number of hydrogen-bond donors (Lipinski definition) is 1. The van der Waals surface area contributed by atoms with Crippen molar-refractivity contribution >= 4 is 0 Å². The third-order valence-electron chi connectivity index (χ3n) is 3.02. The van der Waals surface area contributed by atoms with Crippen LogP contribution >= 0.6 is 0 Å². The lowest BCUT2D eigenvalue weighted by atomic mass is 10.1. The largest absolute Gasteiger partial charge is 0.389 e. The zero-order valence-electron chi connectivity index (χ0n) is 9.82. The second-order valence-corrected chi connectivity index (χ2v) is 4.60. The molecule has 16 heavy (non-hydrogen) atoms. The summed E-state index contributed by atoms with van der Waals surface area (Å²) in [4.78, 5) is 2.28. The van der Waals surface area contributed by atoms with E-state index >= 15 is 0 Å². The van der Waals surface area contributed by atoms with Crippen molar-refractivity contribution in [3.05, 3.63) is 0 Å². The SMILES string of the molecule is CN1CCCC(NCCCC(F)(F)F)CC1. The van der Waals surface area contributed by atoms with Crippen LogP contribution in [0.2, 0.25) is 0 Å². The molecule has 1 fully saturated rings. The third-order valence-corrected chi connectivity index (χ3v) is 3.02. The van der Waals surface area contributed by atoms with Gasteiger partial charge in [-0.05, 0) is 52.4 Å². The maximum atomic E-state index is 11.9. The second-order valence-electron chi connectivity index (χ2n) is 4.60. The molecular weight excluding hydrogens is 217 g/mol. The van der Waals surface area contributed by atoms with E-state index < -0.39 is 12.6 Å². The molecule has 1 aliphatic rings. The number of likely N-dealkylation sites (tertiary alicyclic amines) is 1. The van der Waals surface area contributed by atoms with Gasteiger partial charge >= 0.3 is 6.18 Å². The summed E-state index contributed by atoms with van der Waals surface area (Å²) in [6, 6.07) is 0.401. The normalized spacial score (nSPS) is 24.4. The van der Waals surface area contributed by atoms with Crippen LogP contribution in [0.25, 0.3) is 0 Å². The molecule has 1 rings (SSSR count). The Kier molecular flexibility index (Phi) is 5.55. The molecule has 0 aromatic rings. The average Bonchev–Trinajstić information content (AvgIpc) is 2.37. The summed E-state index contributed by atoms with van der Waals surface area (Å²) in [5.74, 6) is 0. The minimum atomic E-state index is -4.01. The van der Waals surface area contributed by atoms with Gasteiger partial charge in [0.15, 0.2) is 0 Å². The lowest BCUT2D eigenvalue weighted by Crippen LogP contribution is -2.31. The molecule has 0 amide bonds. The van der Waals surface area contributed by atoms with Gasteiger partial charge in [-0.3, -0.25) is 0 Å². The molecule has 1 N–H and O–H groups in total. The first-order valence-electron chi connectivity index (χ1n) is 5.96. The zero-order chi connectivity index (χ0) is 12.0. The van der Waals surface area contributed by atoms with E-state index in [0.29, 0.717) is 12.6 Å². The molecule has 2 nitrogen and oxygen atoms in total. The van der Waals surface area contributed by atoms with E-state index in [1.165, 1.54) is 0 Å². The van der Waals surface area contributed by atoms with Gasteiger partial charge in [0.2, 0.25) is 0 Å². The first kappa shape index (κ1) is 13.8. The molecule has 0 aliphatic carbocycles. The van der Waals surface area contributed by atoms with Crippen LogP contribution in [0.5, 0.6) is 0 Å². The predicted molar refractivity (Wildman–Crippen MR) is 58.4 cm³/mol. The maximum Gasteiger partial charge on any atom is 0.389 e. The van der Waals surface area contributed by atoms with Crippen LogP contribution in [0.4, 0.5) is 13.2 Å². The number of alkyl halides is 3. The third kappa shape index (κ3) is 6.33. The molecule has 0 radical (unpaired) electrons. The molecule has 1 atom stereocenters. The van der Waals surface area contributed by atoms with Gasteiger partial charge in [-0.25, -0.2) is 0 Å². The number of hydrogen-bond acceptors (Lipinski definition) is 2. The number of nitrogens with one attached hydrogen (secondary N) is 1. The summed E-state index contributed by atoms with van der Waals surface area (Å²) >= 11 is 0. The fourth-order valence-electron chi connectivity index (χ4n) is 2.04. The van der Waals surface area contributed by atoms with Crippen LogP contribution in [0.1, 0.15) is 32.1 Å². The molecule has 0 spiro atoms. The number of halogens is 3. The van der Waals surface area contributed by atoms with Crippen molar-refractivity contribution < 1.29 is 13.2 Å². The van der Waals surface area contributed by atoms with Crippen molar-refractivity contribution in [2.45, 2.75) is 44.3 Å².